The van der Waals surface area contributed by atoms with E-state index in [0.717, 1.165) is 17.7 Å². The number of carbonyl (C=O) groups is 2. The first kappa shape index (κ1) is 15.4. The molecule has 1 fully saturated rings. The second-order valence-corrected chi connectivity index (χ2v) is 7.10. The van der Waals surface area contributed by atoms with Crippen molar-refractivity contribution in [3.63, 3.8) is 0 Å². The number of aliphatic carboxylic acids is 1. The normalized spacial score (nSPS) is 19.5. The highest BCUT2D eigenvalue weighted by Gasteiger charge is 2.34. The van der Waals surface area contributed by atoms with Crippen molar-refractivity contribution in [2.45, 2.75) is 18.9 Å². The van der Waals surface area contributed by atoms with Gasteiger partial charge in [0.05, 0.1) is 18.1 Å². The number of amides is 1. The molecule has 1 saturated heterocycles. The smallest absolute Gasteiger partial charge is 0.328 e. The SMILES string of the molecule is O=C(O)C1COCCN1C(=O)c1cc2c(s1)-c1ccccc1CC2. The Morgan fingerprint density at radius 2 is 2.00 bits per heavy atom. The van der Waals surface area contributed by atoms with E-state index in [-0.39, 0.29) is 12.5 Å². The van der Waals surface area contributed by atoms with Crippen LogP contribution in [-0.4, -0.2) is 47.7 Å². The number of benzene rings is 1. The zero-order valence-electron chi connectivity index (χ0n) is 13.0. The highest BCUT2D eigenvalue weighted by molar-refractivity contribution is 7.17. The molecule has 0 radical (unpaired) electrons. The van der Waals surface area contributed by atoms with Crippen LogP contribution in [0, 0.1) is 0 Å². The van der Waals surface area contributed by atoms with E-state index < -0.39 is 12.0 Å². The van der Waals surface area contributed by atoms with Crippen molar-refractivity contribution in [2.24, 2.45) is 0 Å². The average Bonchev–Trinajstić information content (AvgIpc) is 3.05. The summed E-state index contributed by atoms with van der Waals surface area (Å²) in [5, 5.41) is 9.33. The van der Waals surface area contributed by atoms with Gasteiger partial charge in [-0.2, -0.15) is 0 Å². The monoisotopic (exact) mass is 343 g/mol. The lowest BCUT2D eigenvalue weighted by molar-refractivity contribution is -0.147. The Kier molecular flexibility index (Phi) is 3.86. The Hall–Kier alpha value is -2.18. The van der Waals surface area contributed by atoms with E-state index in [1.165, 1.54) is 32.9 Å². The lowest BCUT2D eigenvalue weighted by Gasteiger charge is -2.32. The number of hydrogen-bond donors (Lipinski definition) is 1. The number of morpholine rings is 1. The molecule has 1 aliphatic carbocycles. The Balaban J connectivity index is 1.68. The van der Waals surface area contributed by atoms with Crippen molar-refractivity contribution in [3.8, 4) is 10.4 Å². The third kappa shape index (κ3) is 2.52. The van der Waals surface area contributed by atoms with E-state index in [9.17, 15) is 14.7 Å². The quantitative estimate of drug-likeness (QED) is 0.909. The molecule has 1 N–H and O–H groups in total. The van der Waals surface area contributed by atoms with Crippen LogP contribution in [0.1, 0.15) is 20.8 Å². The molecule has 1 aliphatic heterocycles. The minimum absolute atomic E-state index is 0.0506. The summed E-state index contributed by atoms with van der Waals surface area (Å²) in [6.45, 7) is 0.743. The lowest BCUT2D eigenvalue weighted by Crippen LogP contribution is -2.52. The van der Waals surface area contributed by atoms with Gasteiger partial charge in [0.2, 0.25) is 0 Å². The maximum absolute atomic E-state index is 12.9. The van der Waals surface area contributed by atoms with Gasteiger partial charge in [-0.25, -0.2) is 4.79 Å². The summed E-state index contributed by atoms with van der Waals surface area (Å²) in [7, 11) is 0. The molecule has 5 nitrogen and oxygen atoms in total. The molecule has 1 amide bonds. The summed E-state index contributed by atoms with van der Waals surface area (Å²) in [6, 6.07) is 9.30. The van der Waals surface area contributed by atoms with Crippen molar-refractivity contribution in [2.75, 3.05) is 19.8 Å². The largest absolute Gasteiger partial charge is 0.480 e. The maximum atomic E-state index is 12.9. The molecule has 4 rings (SSSR count). The number of hydrogen-bond acceptors (Lipinski definition) is 4. The van der Waals surface area contributed by atoms with Crippen LogP contribution in [-0.2, 0) is 22.4 Å². The van der Waals surface area contributed by atoms with Gasteiger partial charge < -0.3 is 14.7 Å². The van der Waals surface area contributed by atoms with Gasteiger partial charge >= 0.3 is 5.97 Å². The second-order valence-electron chi connectivity index (χ2n) is 6.05. The fraction of sp³-hybridized carbons (Fsp3) is 0.333. The Labute approximate surface area is 143 Å². The minimum atomic E-state index is -1.02. The van der Waals surface area contributed by atoms with Crippen LogP contribution in [0.5, 0.6) is 0 Å². The van der Waals surface area contributed by atoms with Gasteiger partial charge in [-0.15, -0.1) is 11.3 Å². The predicted octanol–water partition coefficient (Wildman–Crippen LogP) is 2.44. The summed E-state index contributed by atoms with van der Waals surface area (Å²) in [5.41, 5.74) is 3.68. The van der Waals surface area contributed by atoms with Crippen LogP contribution in [0.15, 0.2) is 30.3 Å². The van der Waals surface area contributed by atoms with Crippen molar-refractivity contribution in [3.05, 3.63) is 46.3 Å². The van der Waals surface area contributed by atoms with Gasteiger partial charge in [0.25, 0.3) is 5.91 Å². The number of aryl methyl sites for hydroxylation is 2. The number of fused-ring (bicyclic) bond motifs is 3. The van der Waals surface area contributed by atoms with Gasteiger partial charge in [-0.05, 0) is 35.6 Å². The summed E-state index contributed by atoms with van der Waals surface area (Å²) in [4.78, 5) is 27.4. The van der Waals surface area contributed by atoms with Crippen molar-refractivity contribution in [1.29, 1.82) is 0 Å². The Bertz CT molecular complexity index is 813. The molecule has 2 aromatic rings. The zero-order valence-corrected chi connectivity index (χ0v) is 13.8. The topological polar surface area (TPSA) is 66.8 Å². The fourth-order valence-electron chi connectivity index (χ4n) is 3.37. The third-order valence-electron chi connectivity index (χ3n) is 4.62. The first-order valence-electron chi connectivity index (χ1n) is 7.97. The van der Waals surface area contributed by atoms with Crippen molar-refractivity contribution >= 4 is 23.2 Å². The summed E-state index contributed by atoms with van der Waals surface area (Å²) in [6.07, 6.45) is 1.89. The fourth-order valence-corrected chi connectivity index (χ4v) is 4.60. The van der Waals surface area contributed by atoms with Crippen LogP contribution in [0.25, 0.3) is 10.4 Å². The molecule has 0 bridgehead atoms. The maximum Gasteiger partial charge on any atom is 0.328 e. The standard InChI is InChI=1S/C18H17NO4S/c20-17(19-7-8-23-10-14(19)18(21)22)15-9-12-6-5-11-3-1-2-4-13(11)16(12)24-15/h1-4,9,14H,5-8,10H2,(H,21,22). The van der Waals surface area contributed by atoms with E-state index >= 15 is 0 Å². The number of carboxylic acids is 1. The molecular weight excluding hydrogens is 326 g/mol. The third-order valence-corrected chi connectivity index (χ3v) is 5.82. The summed E-state index contributed by atoms with van der Waals surface area (Å²) >= 11 is 1.47. The molecule has 1 atom stereocenters. The molecule has 1 unspecified atom stereocenters. The highest BCUT2D eigenvalue weighted by Crippen LogP contribution is 2.40. The van der Waals surface area contributed by atoms with Gasteiger partial charge in [0.1, 0.15) is 0 Å². The van der Waals surface area contributed by atoms with E-state index in [1.54, 1.807) is 0 Å². The highest BCUT2D eigenvalue weighted by atomic mass is 32.1. The minimum Gasteiger partial charge on any atom is -0.480 e. The Morgan fingerprint density at radius 1 is 1.21 bits per heavy atom. The summed E-state index contributed by atoms with van der Waals surface area (Å²) in [5.74, 6) is -1.22. The van der Waals surface area contributed by atoms with Crippen LogP contribution in [0.4, 0.5) is 0 Å². The summed E-state index contributed by atoms with van der Waals surface area (Å²) < 4.78 is 5.22. The van der Waals surface area contributed by atoms with E-state index in [4.69, 9.17) is 4.74 Å². The predicted molar refractivity (Wildman–Crippen MR) is 90.4 cm³/mol. The number of carboxylic acid groups (broad SMARTS) is 1. The van der Waals surface area contributed by atoms with E-state index in [2.05, 4.69) is 12.1 Å². The number of nitrogens with zero attached hydrogens (tertiary/aromatic N) is 1. The van der Waals surface area contributed by atoms with Crippen molar-refractivity contribution in [1.82, 2.24) is 4.90 Å². The van der Waals surface area contributed by atoms with Gasteiger partial charge in [-0.3, -0.25) is 4.79 Å². The Morgan fingerprint density at radius 3 is 2.83 bits per heavy atom. The number of carbonyl (C=O) groups excluding carboxylic acids is 1. The van der Waals surface area contributed by atoms with Crippen molar-refractivity contribution < 1.29 is 19.4 Å². The average molecular weight is 343 g/mol. The molecule has 24 heavy (non-hydrogen) atoms. The molecular formula is C18H17NO4S. The molecule has 6 heteroatoms. The second kappa shape index (κ2) is 6.03. The first-order chi connectivity index (χ1) is 11.6. The van der Waals surface area contributed by atoms with Crippen LogP contribution >= 0.6 is 11.3 Å². The number of thiophene rings is 1. The molecule has 0 spiro atoms. The first-order valence-corrected chi connectivity index (χ1v) is 8.79. The molecule has 1 aromatic heterocycles. The van der Waals surface area contributed by atoms with Crippen LogP contribution in [0.3, 0.4) is 0 Å². The zero-order chi connectivity index (χ0) is 16.7. The van der Waals surface area contributed by atoms with Gasteiger partial charge in [0.15, 0.2) is 6.04 Å². The van der Waals surface area contributed by atoms with Gasteiger partial charge in [0, 0.05) is 11.4 Å². The lowest BCUT2D eigenvalue weighted by atomic mass is 9.91. The number of ether oxygens (including phenoxy) is 1. The molecule has 2 aliphatic rings. The molecule has 2 heterocycles. The van der Waals surface area contributed by atoms with E-state index in [1.807, 2.05) is 18.2 Å². The molecule has 1 aromatic carbocycles. The molecule has 124 valence electrons. The van der Waals surface area contributed by atoms with Crippen LogP contribution < -0.4 is 0 Å². The van der Waals surface area contributed by atoms with E-state index in [0.29, 0.717) is 18.0 Å². The van der Waals surface area contributed by atoms with Gasteiger partial charge in [-0.1, -0.05) is 24.3 Å². The molecule has 0 saturated carbocycles. The number of rotatable bonds is 2. The van der Waals surface area contributed by atoms with Crippen LogP contribution in [0.2, 0.25) is 0 Å².